The second-order valence-corrected chi connectivity index (χ2v) is 6.42. The molecule has 0 radical (unpaired) electrons. The Morgan fingerprint density at radius 3 is 2.63 bits per heavy atom. The minimum absolute atomic E-state index is 0.0185. The number of ether oxygens (including phenoxy) is 3. The highest BCUT2D eigenvalue weighted by Crippen LogP contribution is 2.38. The Labute approximate surface area is 155 Å². The van der Waals surface area contributed by atoms with Crippen LogP contribution in [0, 0.1) is 10.1 Å². The lowest BCUT2D eigenvalue weighted by Crippen LogP contribution is -2.40. The van der Waals surface area contributed by atoms with E-state index >= 15 is 0 Å². The molecule has 1 amide bonds. The maximum atomic E-state index is 12.0. The van der Waals surface area contributed by atoms with E-state index < -0.39 is 17.0 Å². The van der Waals surface area contributed by atoms with Crippen LogP contribution in [0.1, 0.15) is 38.2 Å². The summed E-state index contributed by atoms with van der Waals surface area (Å²) in [6, 6.07) is 2.79. The fourth-order valence-corrected chi connectivity index (χ4v) is 3.05. The monoisotopic (exact) mass is 376 g/mol. The van der Waals surface area contributed by atoms with Crippen molar-refractivity contribution in [2.75, 3.05) is 6.79 Å². The molecule has 0 unspecified atom stereocenters. The molecular formula is C18H20N2O7. The van der Waals surface area contributed by atoms with E-state index in [9.17, 15) is 19.7 Å². The molecule has 1 aromatic carbocycles. The number of esters is 1. The lowest BCUT2D eigenvalue weighted by molar-refractivity contribution is -0.385. The van der Waals surface area contributed by atoms with Gasteiger partial charge in [0.15, 0.2) is 17.6 Å². The Hall–Kier alpha value is -3.10. The predicted octanol–water partition coefficient (Wildman–Crippen LogP) is 2.33. The molecule has 1 atom stereocenters. The van der Waals surface area contributed by atoms with Crippen LogP contribution in [0.25, 0.3) is 6.08 Å². The summed E-state index contributed by atoms with van der Waals surface area (Å²) in [4.78, 5) is 34.6. The van der Waals surface area contributed by atoms with Crippen molar-refractivity contribution in [2.24, 2.45) is 0 Å². The number of amides is 1. The predicted molar refractivity (Wildman–Crippen MR) is 94.2 cm³/mol. The molecule has 0 saturated heterocycles. The first-order valence-corrected chi connectivity index (χ1v) is 8.71. The van der Waals surface area contributed by atoms with Gasteiger partial charge in [0.05, 0.1) is 16.6 Å². The molecule has 0 aromatic heterocycles. The quantitative estimate of drug-likeness (QED) is 0.350. The van der Waals surface area contributed by atoms with Crippen molar-refractivity contribution in [3.8, 4) is 11.5 Å². The first-order chi connectivity index (χ1) is 12.9. The van der Waals surface area contributed by atoms with Gasteiger partial charge >= 0.3 is 5.97 Å². The van der Waals surface area contributed by atoms with Crippen LogP contribution in [-0.4, -0.2) is 35.7 Å². The fraction of sp³-hybridized carbons (Fsp3) is 0.444. The van der Waals surface area contributed by atoms with Gasteiger partial charge in [-0.2, -0.15) is 0 Å². The summed E-state index contributed by atoms with van der Waals surface area (Å²) in [5.41, 5.74) is -0.0559. The van der Waals surface area contributed by atoms with Crippen molar-refractivity contribution in [1.29, 1.82) is 0 Å². The van der Waals surface area contributed by atoms with E-state index in [1.165, 1.54) is 25.1 Å². The number of hydrogen-bond donors (Lipinski definition) is 1. The van der Waals surface area contributed by atoms with Crippen molar-refractivity contribution in [3.05, 3.63) is 33.9 Å². The molecule has 1 fully saturated rings. The van der Waals surface area contributed by atoms with E-state index in [1.54, 1.807) is 0 Å². The number of carbonyl (C=O) groups is 2. The fourth-order valence-electron chi connectivity index (χ4n) is 3.05. The van der Waals surface area contributed by atoms with Gasteiger partial charge in [0.1, 0.15) is 0 Å². The van der Waals surface area contributed by atoms with Crippen LogP contribution in [0.2, 0.25) is 0 Å². The zero-order valence-electron chi connectivity index (χ0n) is 14.8. The molecule has 0 bridgehead atoms. The van der Waals surface area contributed by atoms with Crippen molar-refractivity contribution < 1.29 is 28.7 Å². The molecule has 1 aliphatic carbocycles. The smallest absolute Gasteiger partial charge is 0.331 e. The third-order valence-corrected chi connectivity index (χ3v) is 4.48. The number of nitrogens with one attached hydrogen (secondary N) is 1. The normalized spacial score (nSPS) is 17.1. The summed E-state index contributed by atoms with van der Waals surface area (Å²) < 4.78 is 15.4. The highest BCUT2D eigenvalue weighted by molar-refractivity contribution is 5.91. The number of nitrogens with zero attached hydrogens (tertiary/aromatic N) is 1. The van der Waals surface area contributed by atoms with Gasteiger partial charge in [0.2, 0.25) is 6.79 Å². The largest absolute Gasteiger partial charge is 0.454 e. The van der Waals surface area contributed by atoms with Crippen LogP contribution >= 0.6 is 0 Å². The van der Waals surface area contributed by atoms with Crippen molar-refractivity contribution in [1.82, 2.24) is 5.32 Å². The summed E-state index contributed by atoms with van der Waals surface area (Å²) in [6.07, 6.45) is 5.37. The lowest BCUT2D eigenvalue weighted by Gasteiger charge is -2.16. The van der Waals surface area contributed by atoms with Gasteiger partial charge < -0.3 is 19.5 Å². The second kappa shape index (κ2) is 8.07. The Balaban J connectivity index is 1.62. The first-order valence-electron chi connectivity index (χ1n) is 8.71. The van der Waals surface area contributed by atoms with Gasteiger partial charge in [-0.1, -0.05) is 12.8 Å². The molecule has 1 saturated carbocycles. The molecule has 9 heteroatoms. The van der Waals surface area contributed by atoms with Gasteiger partial charge in [-0.05, 0) is 31.9 Å². The van der Waals surface area contributed by atoms with Gasteiger partial charge in [0, 0.05) is 12.1 Å². The van der Waals surface area contributed by atoms with E-state index in [-0.39, 0.29) is 35.7 Å². The van der Waals surface area contributed by atoms with Crippen LogP contribution in [0.4, 0.5) is 5.69 Å². The summed E-state index contributed by atoms with van der Waals surface area (Å²) in [5.74, 6) is -0.481. The molecule has 1 N–H and O–H groups in total. The molecular weight excluding hydrogens is 356 g/mol. The van der Waals surface area contributed by atoms with Crippen LogP contribution in [0.3, 0.4) is 0 Å². The lowest BCUT2D eigenvalue weighted by atomic mass is 10.1. The first kappa shape index (κ1) is 18.7. The molecule has 9 nitrogen and oxygen atoms in total. The number of fused-ring (bicyclic) bond motifs is 1. The third-order valence-electron chi connectivity index (χ3n) is 4.48. The number of nitro benzene ring substituents is 1. The highest BCUT2D eigenvalue weighted by Gasteiger charge is 2.24. The average Bonchev–Trinajstić information content (AvgIpc) is 3.29. The summed E-state index contributed by atoms with van der Waals surface area (Å²) in [5, 5.41) is 14.1. The van der Waals surface area contributed by atoms with E-state index in [1.807, 2.05) is 0 Å². The molecule has 1 heterocycles. The maximum Gasteiger partial charge on any atom is 0.331 e. The Bertz CT molecular complexity index is 784. The van der Waals surface area contributed by atoms with Crippen molar-refractivity contribution in [3.63, 3.8) is 0 Å². The van der Waals surface area contributed by atoms with Gasteiger partial charge in [0.25, 0.3) is 11.6 Å². The van der Waals surface area contributed by atoms with Crippen molar-refractivity contribution in [2.45, 2.75) is 44.8 Å². The number of hydrogen-bond acceptors (Lipinski definition) is 7. The molecule has 144 valence electrons. The molecule has 1 aliphatic heterocycles. The topological polar surface area (TPSA) is 117 Å². The van der Waals surface area contributed by atoms with E-state index in [4.69, 9.17) is 14.2 Å². The Kier molecular flexibility index (Phi) is 5.58. The van der Waals surface area contributed by atoms with E-state index in [0.29, 0.717) is 5.75 Å². The zero-order chi connectivity index (χ0) is 19.4. The molecule has 27 heavy (non-hydrogen) atoms. The molecule has 0 spiro atoms. The summed E-state index contributed by atoms with van der Waals surface area (Å²) >= 11 is 0. The number of rotatable bonds is 6. The Morgan fingerprint density at radius 2 is 1.96 bits per heavy atom. The van der Waals surface area contributed by atoms with Gasteiger partial charge in [-0.3, -0.25) is 14.9 Å². The second-order valence-electron chi connectivity index (χ2n) is 6.42. The molecule has 1 aromatic rings. The minimum Gasteiger partial charge on any atom is -0.454 e. The van der Waals surface area contributed by atoms with Crippen LogP contribution in [0.15, 0.2) is 18.2 Å². The molecule has 2 aliphatic rings. The van der Waals surface area contributed by atoms with Crippen molar-refractivity contribution >= 4 is 23.6 Å². The standard InChI is InChI=1S/C18H20N2O7/c1-11(18(22)19-13-4-2-3-5-13)27-17(21)7-6-12-8-15-16(26-10-25-15)9-14(12)20(23)24/h6-9,11,13H,2-5,10H2,1H3,(H,19,22)/b7-6+/t11-/m0/s1. The van der Waals surface area contributed by atoms with Gasteiger partial charge in [-0.25, -0.2) is 4.79 Å². The Morgan fingerprint density at radius 1 is 1.30 bits per heavy atom. The van der Waals surface area contributed by atoms with Crippen LogP contribution in [0.5, 0.6) is 11.5 Å². The number of carbonyl (C=O) groups excluding carboxylic acids is 2. The summed E-state index contributed by atoms with van der Waals surface area (Å²) in [7, 11) is 0. The highest BCUT2D eigenvalue weighted by atomic mass is 16.7. The van der Waals surface area contributed by atoms with Crippen LogP contribution < -0.4 is 14.8 Å². The minimum atomic E-state index is -0.950. The van der Waals surface area contributed by atoms with E-state index in [0.717, 1.165) is 31.8 Å². The maximum absolute atomic E-state index is 12.0. The summed E-state index contributed by atoms with van der Waals surface area (Å²) in [6.45, 7) is 1.47. The zero-order valence-corrected chi connectivity index (χ0v) is 14.8. The van der Waals surface area contributed by atoms with E-state index in [2.05, 4.69) is 5.32 Å². The number of benzene rings is 1. The number of nitro groups is 1. The SMILES string of the molecule is C[C@H](OC(=O)/C=C/c1cc2c(cc1[N+](=O)[O-])OCO2)C(=O)NC1CCCC1. The third kappa shape index (κ3) is 4.55. The molecule has 3 rings (SSSR count). The average molecular weight is 376 g/mol. The van der Waals surface area contributed by atoms with Gasteiger partial charge in [-0.15, -0.1) is 0 Å². The van der Waals surface area contributed by atoms with Crippen LogP contribution in [-0.2, 0) is 14.3 Å².